The Morgan fingerprint density at radius 1 is 1.04 bits per heavy atom. The Hall–Kier alpha value is -2.81. The van der Waals surface area contributed by atoms with Crippen molar-refractivity contribution in [2.75, 3.05) is 0 Å². The topological polar surface area (TPSA) is 82.2 Å². The molecule has 0 aliphatic heterocycles. The molecule has 3 rings (SSSR count). The fraction of sp³-hybridized carbons (Fsp3) is 0.118. The Morgan fingerprint density at radius 2 is 1.69 bits per heavy atom. The summed E-state index contributed by atoms with van der Waals surface area (Å²) in [6.45, 7) is 0. The first-order valence-electron chi connectivity index (χ1n) is 7.41. The monoisotopic (exact) mass is 382 g/mol. The molecule has 9 heteroatoms. The first-order valence-corrected chi connectivity index (χ1v) is 8.85. The van der Waals surface area contributed by atoms with E-state index in [1.807, 2.05) is 0 Å². The molecule has 136 valence electrons. The maximum atomic E-state index is 12.9. The molecule has 1 amide bonds. The van der Waals surface area contributed by atoms with Crippen LogP contribution in [-0.4, -0.2) is 24.5 Å². The highest BCUT2D eigenvalue weighted by Gasteiger charge is 2.29. The summed E-state index contributed by atoms with van der Waals surface area (Å²) < 4.78 is 64.4. The summed E-state index contributed by atoms with van der Waals surface area (Å²) >= 11 is 0. The molecule has 2 aromatic carbocycles. The van der Waals surface area contributed by atoms with Crippen molar-refractivity contribution < 1.29 is 26.4 Å². The quantitative estimate of drug-likeness (QED) is 0.753. The van der Waals surface area contributed by atoms with E-state index in [1.54, 1.807) is 6.07 Å². The third-order valence-electron chi connectivity index (χ3n) is 3.76. The standard InChI is InChI=1S/C17H13F3N2O3S/c18-17(19,20)10-11-6-7-14-12(8-11)9-15(16(21)23)22(14)26(24,25)13-4-2-1-3-5-13/h1-9H,10H2,(H2,21,23). The van der Waals surface area contributed by atoms with Gasteiger partial charge in [-0.2, -0.15) is 13.2 Å². The van der Waals surface area contributed by atoms with Crippen molar-refractivity contribution in [3.8, 4) is 0 Å². The lowest BCUT2D eigenvalue weighted by Gasteiger charge is -2.11. The number of benzene rings is 2. The number of rotatable bonds is 4. The van der Waals surface area contributed by atoms with E-state index in [4.69, 9.17) is 5.73 Å². The summed E-state index contributed by atoms with van der Waals surface area (Å²) in [5, 5.41) is 0.181. The van der Waals surface area contributed by atoms with E-state index in [0.29, 0.717) is 0 Å². The summed E-state index contributed by atoms with van der Waals surface area (Å²) in [5.74, 6) is -1.00. The molecule has 0 aliphatic carbocycles. The first-order chi connectivity index (χ1) is 12.1. The number of hydrogen-bond donors (Lipinski definition) is 1. The van der Waals surface area contributed by atoms with E-state index in [2.05, 4.69) is 0 Å². The Balaban J connectivity index is 2.24. The highest BCUT2D eigenvalue weighted by Crippen LogP contribution is 2.29. The Morgan fingerprint density at radius 3 is 2.27 bits per heavy atom. The molecule has 0 atom stereocenters. The number of aromatic nitrogens is 1. The summed E-state index contributed by atoms with van der Waals surface area (Å²) in [6, 6.07) is 12.2. The predicted octanol–water partition coefficient (Wildman–Crippen LogP) is 3.08. The van der Waals surface area contributed by atoms with Crippen molar-refractivity contribution in [1.29, 1.82) is 0 Å². The molecule has 1 heterocycles. The van der Waals surface area contributed by atoms with Crippen LogP contribution >= 0.6 is 0 Å². The lowest BCUT2D eigenvalue weighted by atomic mass is 10.1. The molecular formula is C17H13F3N2O3S. The minimum atomic E-state index is -4.40. The molecule has 0 unspecified atom stereocenters. The maximum absolute atomic E-state index is 12.9. The fourth-order valence-electron chi connectivity index (χ4n) is 2.71. The van der Waals surface area contributed by atoms with Crippen molar-refractivity contribution in [2.45, 2.75) is 17.5 Å². The Kier molecular flexibility index (Phi) is 4.27. The summed E-state index contributed by atoms with van der Waals surface area (Å²) in [7, 11) is -4.15. The lowest BCUT2D eigenvalue weighted by Crippen LogP contribution is -2.22. The van der Waals surface area contributed by atoms with Gasteiger partial charge < -0.3 is 5.73 Å². The molecule has 26 heavy (non-hydrogen) atoms. The van der Waals surface area contributed by atoms with Crippen molar-refractivity contribution in [3.05, 3.63) is 65.9 Å². The van der Waals surface area contributed by atoms with E-state index in [-0.39, 0.29) is 27.1 Å². The van der Waals surface area contributed by atoms with E-state index in [9.17, 15) is 26.4 Å². The fourth-order valence-corrected chi connectivity index (χ4v) is 4.25. The maximum Gasteiger partial charge on any atom is 0.393 e. The van der Waals surface area contributed by atoms with Gasteiger partial charge in [-0.25, -0.2) is 12.4 Å². The molecule has 0 spiro atoms. The molecule has 0 radical (unpaired) electrons. The van der Waals surface area contributed by atoms with Gasteiger partial charge in [-0.05, 0) is 35.9 Å². The predicted molar refractivity (Wildman–Crippen MR) is 89.2 cm³/mol. The Labute approximate surface area is 146 Å². The first kappa shape index (κ1) is 18.0. The van der Waals surface area contributed by atoms with Gasteiger partial charge in [0.15, 0.2) is 0 Å². The zero-order valence-electron chi connectivity index (χ0n) is 13.2. The number of fused-ring (bicyclic) bond motifs is 1. The third kappa shape index (κ3) is 3.30. The second-order valence-electron chi connectivity index (χ2n) is 5.66. The second-order valence-corrected chi connectivity index (χ2v) is 7.45. The summed E-state index contributed by atoms with van der Waals surface area (Å²) in [4.78, 5) is 11.7. The van der Waals surface area contributed by atoms with Gasteiger partial charge in [0.05, 0.1) is 16.8 Å². The molecule has 0 saturated carbocycles. The van der Waals surface area contributed by atoms with Crippen molar-refractivity contribution in [3.63, 3.8) is 0 Å². The lowest BCUT2D eigenvalue weighted by molar-refractivity contribution is -0.127. The molecule has 0 bridgehead atoms. The van der Waals surface area contributed by atoms with Crippen LogP contribution in [0.5, 0.6) is 0 Å². The number of amides is 1. The number of nitrogens with zero attached hydrogens (tertiary/aromatic N) is 1. The zero-order chi connectivity index (χ0) is 19.1. The largest absolute Gasteiger partial charge is 0.393 e. The zero-order valence-corrected chi connectivity index (χ0v) is 14.0. The average Bonchev–Trinajstić information content (AvgIpc) is 2.94. The Bertz CT molecular complexity index is 1090. The van der Waals surface area contributed by atoms with E-state index in [0.717, 1.165) is 3.97 Å². The molecular weight excluding hydrogens is 369 g/mol. The van der Waals surface area contributed by atoms with Crippen LogP contribution < -0.4 is 5.73 Å². The van der Waals surface area contributed by atoms with Crippen molar-refractivity contribution >= 4 is 26.8 Å². The van der Waals surface area contributed by atoms with Gasteiger partial charge in [0.1, 0.15) is 5.69 Å². The van der Waals surface area contributed by atoms with Gasteiger partial charge in [-0.3, -0.25) is 4.79 Å². The SMILES string of the molecule is NC(=O)c1cc2cc(CC(F)(F)F)ccc2n1S(=O)(=O)c1ccccc1. The van der Waals surface area contributed by atoms with Gasteiger partial charge in [-0.1, -0.05) is 24.3 Å². The van der Waals surface area contributed by atoms with Crippen LogP contribution in [0.25, 0.3) is 10.9 Å². The van der Waals surface area contributed by atoms with Crippen LogP contribution in [0.2, 0.25) is 0 Å². The average molecular weight is 382 g/mol. The minimum absolute atomic E-state index is 0.0460. The number of halogens is 3. The smallest absolute Gasteiger partial charge is 0.364 e. The number of alkyl halides is 3. The van der Waals surface area contributed by atoms with Gasteiger partial charge in [-0.15, -0.1) is 0 Å². The van der Waals surface area contributed by atoms with Crippen molar-refractivity contribution in [1.82, 2.24) is 3.97 Å². The minimum Gasteiger partial charge on any atom is -0.364 e. The van der Waals surface area contributed by atoms with Gasteiger partial charge in [0.2, 0.25) is 0 Å². The molecule has 5 nitrogen and oxygen atoms in total. The normalized spacial score (nSPS) is 12.4. The summed E-state index contributed by atoms with van der Waals surface area (Å²) in [5.41, 5.74) is 4.99. The molecule has 3 aromatic rings. The van der Waals surface area contributed by atoms with Crippen LogP contribution in [0.1, 0.15) is 16.1 Å². The molecule has 0 saturated heterocycles. The second kappa shape index (κ2) is 6.17. The van der Waals surface area contributed by atoms with Gasteiger partial charge in [0.25, 0.3) is 15.9 Å². The van der Waals surface area contributed by atoms with Gasteiger partial charge in [0, 0.05) is 5.39 Å². The number of hydrogen-bond acceptors (Lipinski definition) is 3. The van der Waals surface area contributed by atoms with Crippen LogP contribution in [-0.2, 0) is 16.4 Å². The van der Waals surface area contributed by atoms with Crippen molar-refractivity contribution in [2.24, 2.45) is 5.73 Å². The number of primary amides is 1. The third-order valence-corrected chi connectivity index (χ3v) is 5.50. The molecule has 2 N–H and O–H groups in total. The van der Waals surface area contributed by atoms with Gasteiger partial charge >= 0.3 is 6.18 Å². The van der Waals surface area contributed by atoms with Crippen LogP contribution in [0.3, 0.4) is 0 Å². The van der Waals surface area contributed by atoms with Crippen LogP contribution in [0.15, 0.2) is 59.5 Å². The molecule has 1 aromatic heterocycles. The molecule has 0 fully saturated rings. The van der Waals surface area contributed by atoms with E-state index >= 15 is 0 Å². The number of carbonyl (C=O) groups is 1. The summed E-state index contributed by atoms with van der Waals surface area (Å²) in [6.07, 6.45) is -5.57. The van der Waals surface area contributed by atoms with E-state index < -0.39 is 28.5 Å². The number of carbonyl (C=O) groups excluding carboxylic acids is 1. The van der Waals surface area contributed by atoms with Crippen LogP contribution in [0, 0.1) is 0 Å². The van der Waals surface area contributed by atoms with E-state index in [1.165, 1.54) is 48.5 Å². The highest BCUT2D eigenvalue weighted by atomic mass is 32.2. The molecule has 0 aliphatic rings. The highest BCUT2D eigenvalue weighted by molar-refractivity contribution is 7.90. The van der Waals surface area contributed by atoms with Crippen LogP contribution in [0.4, 0.5) is 13.2 Å². The number of nitrogens with two attached hydrogens (primary N) is 1.